The second-order valence-electron chi connectivity index (χ2n) is 12.4. The highest BCUT2D eigenvalue weighted by Crippen LogP contribution is 2.14. The molecule has 0 spiro atoms. The molecule has 43 heavy (non-hydrogen) atoms. The molecule has 0 rings (SSSR count). The molecule has 0 aromatic carbocycles. The molecule has 0 saturated heterocycles. The van der Waals surface area contributed by atoms with Crippen molar-refractivity contribution in [2.75, 3.05) is 33.2 Å². The van der Waals surface area contributed by atoms with Crippen LogP contribution in [0.5, 0.6) is 0 Å². The van der Waals surface area contributed by atoms with Crippen LogP contribution in [-0.4, -0.2) is 56.2 Å². The highest BCUT2D eigenvalue weighted by molar-refractivity contribution is 5.72. The lowest BCUT2D eigenvalue weighted by molar-refractivity contribution is -0.159. The van der Waals surface area contributed by atoms with Crippen LogP contribution in [0.25, 0.3) is 0 Å². The van der Waals surface area contributed by atoms with Crippen molar-refractivity contribution in [3.05, 3.63) is 0 Å². The third-order valence-electron chi connectivity index (χ3n) is 8.05. The molecule has 0 unspecified atom stereocenters. The van der Waals surface area contributed by atoms with Crippen LogP contribution in [0.4, 0.5) is 0 Å². The monoisotopic (exact) mass is 614 g/mol. The number of amides is 1. The van der Waals surface area contributed by atoms with Crippen molar-refractivity contribution in [1.29, 1.82) is 0 Å². The summed E-state index contributed by atoms with van der Waals surface area (Å²) in [6.45, 7) is 5.43. The number of nitrogens with one attached hydrogen (secondary N) is 1. The fraction of sp³-hybridized carbons (Fsp3) is 0.944. The van der Waals surface area contributed by atoms with E-state index in [2.05, 4.69) is 12.2 Å². The van der Waals surface area contributed by atoms with E-state index in [0.29, 0.717) is 13.0 Å². The van der Waals surface area contributed by atoms with Crippen LogP contribution < -0.4 is 5.32 Å². The Morgan fingerprint density at radius 2 is 1.05 bits per heavy atom. The van der Waals surface area contributed by atoms with Crippen LogP contribution in [0.15, 0.2) is 0 Å². The number of unbranched alkanes of at least 4 members (excludes halogenated alkanes) is 23. The molecule has 0 aromatic heterocycles. The lowest BCUT2D eigenvalue weighted by Crippen LogP contribution is -2.27. The van der Waals surface area contributed by atoms with Gasteiger partial charge in [-0.3, -0.25) is 9.59 Å². The molecule has 0 radical (unpaired) electrons. The van der Waals surface area contributed by atoms with E-state index in [0.717, 1.165) is 32.2 Å². The standard InChI is InChI=1S/C36H71NO6/c1-3-4-5-6-7-8-9-13-16-19-22-25-28-36(40)43-35(31-38)32-42-33-41-30-27-24-21-18-15-12-10-11-14-17-20-23-26-29-37-34(2)39/h35,38H,3-33H2,1-2H3,(H,37,39)/t35-/m0/s1. The maximum absolute atomic E-state index is 12.1. The van der Waals surface area contributed by atoms with Crippen LogP contribution in [0.1, 0.15) is 181 Å². The van der Waals surface area contributed by atoms with Gasteiger partial charge in [-0.05, 0) is 19.3 Å². The summed E-state index contributed by atoms with van der Waals surface area (Å²) in [5.74, 6) is -0.176. The van der Waals surface area contributed by atoms with Crippen molar-refractivity contribution < 1.29 is 28.9 Å². The molecule has 0 heterocycles. The summed E-state index contributed by atoms with van der Waals surface area (Å²) < 4.78 is 16.4. The molecule has 0 saturated carbocycles. The van der Waals surface area contributed by atoms with E-state index in [9.17, 15) is 14.7 Å². The Morgan fingerprint density at radius 1 is 0.605 bits per heavy atom. The van der Waals surface area contributed by atoms with Gasteiger partial charge in [0.1, 0.15) is 12.9 Å². The zero-order valence-corrected chi connectivity index (χ0v) is 28.5. The van der Waals surface area contributed by atoms with Gasteiger partial charge in [-0.15, -0.1) is 0 Å². The van der Waals surface area contributed by atoms with Crippen molar-refractivity contribution in [3.8, 4) is 0 Å². The van der Waals surface area contributed by atoms with E-state index < -0.39 is 6.10 Å². The number of aliphatic hydroxyl groups excluding tert-OH is 1. The van der Waals surface area contributed by atoms with Crippen molar-refractivity contribution in [2.24, 2.45) is 0 Å². The predicted octanol–water partition coefficient (Wildman–Crippen LogP) is 9.18. The van der Waals surface area contributed by atoms with E-state index in [1.165, 1.54) is 135 Å². The number of carbonyl (C=O) groups excluding carboxylic acids is 2. The smallest absolute Gasteiger partial charge is 0.306 e. The second-order valence-corrected chi connectivity index (χ2v) is 12.4. The van der Waals surface area contributed by atoms with Gasteiger partial charge in [0, 0.05) is 26.5 Å². The Bertz CT molecular complexity index is 588. The summed E-state index contributed by atoms with van der Waals surface area (Å²) in [5, 5.41) is 12.4. The summed E-state index contributed by atoms with van der Waals surface area (Å²) in [5.41, 5.74) is 0. The first-order valence-corrected chi connectivity index (χ1v) is 18.3. The Hall–Kier alpha value is -1.18. The van der Waals surface area contributed by atoms with E-state index in [4.69, 9.17) is 14.2 Å². The van der Waals surface area contributed by atoms with E-state index in [1.807, 2.05) is 0 Å². The van der Waals surface area contributed by atoms with Crippen LogP contribution in [0.2, 0.25) is 0 Å². The van der Waals surface area contributed by atoms with Gasteiger partial charge < -0.3 is 24.6 Å². The number of hydrogen-bond donors (Lipinski definition) is 2. The molecular formula is C36H71NO6. The van der Waals surface area contributed by atoms with Crippen LogP contribution >= 0.6 is 0 Å². The Labute approximate surface area is 266 Å². The molecule has 0 aliphatic heterocycles. The van der Waals surface area contributed by atoms with E-state index in [-0.39, 0.29) is 31.9 Å². The molecule has 7 nitrogen and oxygen atoms in total. The Kier molecular flexibility index (Phi) is 34.3. The normalized spacial score (nSPS) is 12.0. The molecule has 1 amide bonds. The van der Waals surface area contributed by atoms with Gasteiger partial charge in [0.25, 0.3) is 0 Å². The quantitative estimate of drug-likeness (QED) is 0.0420. The third kappa shape index (κ3) is 35.2. The van der Waals surface area contributed by atoms with Crippen molar-refractivity contribution in [2.45, 2.75) is 187 Å². The number of hydrogen-bond acceptors (Lipinski definition) is 6. The third-order valence-corrected chi connectivity index (χ3v) is 8.05. The highest BCUT2D eigenvalue weighted by Gasteiger charge is 2.13. The summed E-state index contributed by atoms with van der Waals surface area (Å²) in [4.78, 5) is 22.9. The maximum atomic E-state index is 12.1. The SMILES string of the molecule is CCCCCCCCCCCCCCC(=O)O[C@@H](CO)COCOCCCCCCCCCCCCCCCNC(C)=O. The summed E-state index contributed by atoms with van der Waals surface area (Å²) in [6.07, 6.45) is 31.3. The molecule has 256 valence electrons. The molecule has 0 aromatic rings. The zero-order chi connectivity index (χ0) is 31.5. The highest BCUT2D eigenvalue weighted by atomic mass is 16.7. The topological polar surface area (TPSA) is 94.1 Å². The minimum atomic E-state index is -0.616. The maximum Gasteiger partial charge on any atom is 0.306 e. The van der Waals surface area contributed by atoms with Gasteiger partial charge in [0.15, 0.2) is 0 Å². The minimum Gasteiger partial charge on any atom is -0.457 e. The second kappa shape index (κ2) is 35.3. The fourth-order valence-electron chi connectivity index (χ4n) is 5.31. The molecular weight excluding hydrogens is 542 g/mol. The van der Waals surface area contributed by atoms with Crippen molar-refractivity contribution in [1.82, 2.24) is 5.32 Å². The molecule has 2 N–H and O–H groups in total. The first kappa shape index (κ1) is 41.8. The number of rotatable bonds is 35. The van der Waals surface area contributed by atoms with E-state index in [1.54, 1.807) is 6.92 Å². The number of esters is 1. The van der Waals surface area contributed by atoms with Crippen molar-refractivity contribution in [3.63, 3.8) is 0 Å². The molecule has 0 aliphatic rings. The van der Waals surface area contributed by atoms with Crippen LogP contribution in [-0.2, 0) is 23.8 Å². The molecule has 1 atom stereocenters. The van der Waals surface area contributed by atoms with Gasteiger partial charge in [0.2, 0.25) is 5.91 Å². The van der Waals surface area contributed by atoms with Gasteiger partial charge >= 0.3 is 5.97 Å². The van der Waals surface area contributed by atoms with Gasteiger partial charge in [0.05, 0.1) is 13.2 Å². The number of carbonyl (C=O) groups is 2. The minimum absolute atomic E-state index is 0.0722. The first-order chi connectivity index (χ1) is 21.1. The first-order valence-electron chi connectivity index (χ1n) is 18.3. The summed E-state index contributed by atoms with van der Waals surface area (Å²) in [6, 6.07) is 0. The number of aliphatic hydroxyl groups is 1. The molecule has 7 heteroatoms. The molecule has 0 bridgehead atoms. The Morgan fingerprint density at radius 3 is 1.51 bits per heavy atom. The average Bonchev–Trinajstić information content (AvgIpc) is 2.99. The largest absolute Gasteiger partial charge is 0.457 e. The Balaban J connectivity index is 3.36. The van der Waals surface area contributed by atoms with Gasteiger partial charge in [-0.1, -0.05) is 148 Å². The average molecular weight is 614 g/mol. The lowest BCUT2D eigenvalue weighted by Gasteiger charge is -2.16. The summed E-state index contributed by atoms with van der Waals surface area (Å²) in [7, 11) is 0. The van der Waals surface area contributed by atoms with Gasteiger partial charge in [-0.2, -0.15) is 0 Å². The molecule has 0 aliphatic carbocycles. The summed E-state index contributed by atoms with van der Waals surface area (Å²) >= 11 is 0. The van der Waals surface area contributed by atoms with E-state index >= 15 is 0 Å². The number of ether oxygens (including phenoxy) is 3. The van der Waals surface area contributed by atoms with Crippen LogP contribution in [0.3, 0.4) is 0 Å². The van der Waals surface area contributed by atoms with Crippen LogP contribution in [0, 0.1) is 0 Å². The predicted molar refractivity (Wildman–Crippen MR) is 178 cm³/mol. The lowest BCUT2D eigenvalue weighted by atomic mass is 10.0. The molecule has 0 fully saturated rings. The zero-order valence-electron chi connectivity index (χ0n) is 28.5. The van der Waals surface area contributed by atoms with Gasteiger partial charge in [-0.25, -0.2) is 0 Å². The van der Waals surface area contributed by atoms with Crippen molar-refractivity contribution >= 4 is 11.9 Å². The fourth-order valence-corrected chi connectivity index (χ4v) is 5.31.